The van der Waals surface area contributed by atoms with Crippen molar-refractivity contribution in [3.63, 3.8) is 0 Å². The van der Waals surface area contributed by atoms with Crippen LogP contribution >= 0.6 is 0 Å². The number of amides is 1. The lowest BCUT2D eigenvalue weighted by atomic mass is 9.86. The van der Waals surface area contributed by atoms with E-state index in [9.17, 15) is 9.59 Å². The van der Waals surface area contributed by atoms with E-state index in [1.807, 2.05) is 20.8 Å². The van der Waals surface area contributed by atoms with E-state index in [2.05, 4.69) is 0 Å². The minimum Gasteiger partial charge on any atom is -0.466 e. The van der Waals surface area contributed by atoms with Gasteiger partial charge in [0.25, 0.3) is 0 Å². The normalized spacial score (nSPS) is 21.9. The van der Waals surface area contributed by atoms with Crippen molar-refractivity contribution in [1.82, 2.24) is 4.90 Å². The predicted molar refractivity (Wildman–Crippen MR) is 73.4 cm³/mol. The molecule has 1 saturated heterocycles. The van der Waals surface area contributed by atoms with Crippen LogP contribution in [0.2, 0.25) is 0 Å². The van der Waals surface area contributed by atoms with Gasteiger partial charge in [-0.2, -0.15) is 0 Å². The smallest absolute Gasteiger partial charge is 0.310 e. The van der Waals surface area contributed by atoms with Crippen molar-refractivity contribution in [1.29, 1.82) is 0 Å². The van der Waals surface area contributed by atoms with Gasteiger partial charge in [0.05, 0.1) is 18.6 Å². The molecule has 19 heavy (non-hydrogen) atoms. The van der Waals surface area contributed by atoms with Gasteiger partial charge in [0.2, 0.25) is 5.91 Å². The zero-order valence-corrected chi connectivity index (χ0v) is 12.4. The molecule has 1 heterocycles. The molecular weight excluding hydrogens is 244 g/mol. The number of carbonyl (C=O) groups excluding carboxylic acids is 2. The third kappa shape index (κ3) is 4.20. The average molecular weight is 270 g/mol. The second-order valence-electron chi connectivity index (χ2n) is 6.22. The van der Waals surface area contributed by atoms with Crippen molar-refractivity contribution >= 4 is 11.9 Å². The van der Waals surface area contributed by atoms with E-state index >= 15 is 0 Å². The van der Waals surface area contributed by atoms with Gasteiger partial charge in [0.1, 0.15) is 0 Å². The van der Waals surface area contributed by atoms with E-state index in [4.69, 9.17) is 10.5 Å². The van der Waals surface area contributed by atoms with Gasteiger partial charge < -0.3 is 15.4 Å². The Kier molecular flexibility index (Phi) is 5.35. The molecule has 1 rings (SSSR count). The highest BCUT2D eigenvalue weighted by Gasteiger charge is 2.35. The minimum atomic E-state index is -0.534. The second-order valence-corrected chi connectivity index (χ2v) is 6.22. The first-order chi connectivity index (χ1) is 8.77. The molecule has 0 aromatic heterocycles. The Hall–Kier alpha value is -1.10. The van der Waals surface area contributed by atoms with Crippen LogP contribution in [0.1, 0.15) is 40.5 Å². The molecule has 5 heteroatoms. The fourth-order valence-corrected chi connectivity index (χ4v) is 2.20. The number of likely N-dealkylation sites (tertiary alicyclic amines) is 1. The van der Waals surface area contributed by atoms with Gasteiger partial charge in [-0.15, -0.1) is 0 Å². The maximum absolute atomic E-state index is 12.3. The first-order valence-electron chi connectivity index (χ1n) is 6.98. The van der Waals surface area contributed by atoms with Crippen LogP contribution in [0.25, 0.3) is 0 Å². The molecule has 0 aliphatic carbocycles. The summed E-state index contributed by atoms with van der Waals surface area (Å²) in [6.07, 6.45) is 1.61. The van der Waals surface area contributed by atoms with Crippen molar-refractivity contribution in [2.75, 3.05) is 19.7 Å². The average Bonchev–Trinajstić information content (AvgIpc) is 2.36. The van der Waals surface area contributed by atoms with E-state index in [0.717, 1.165) is 12.8 Å². The van der Waals surface area contributed by atoms with Gasteiger partial charge in [0.15, 0.2) is 0 Å². The molecule has 0 bridgehead atoms. The van der Waals surface area contributed by atoms with Crippen molar-refractivity contribution in [3.8, 4) is 0 Å². The lowest BCUT2D eigenvalue weighted by Crippen LogP contribution is -2.53. The summed E-state index contributed by atoms with van der Waals surface area (Å²) in [6, 6.07) is -0.534. The van der Waals surface area contributed by atoms with Crippen LogP contribution < -0.4 is 5.73 Å². The number of hydrogen-bond acceptors (Lipinski definition) is 4. The summed E-state index contributed by atoms with van der Waals surface area (Å²) >= 11 is 0. The van der Waals surface area contributed by atoms with Gasteiger partial charge in [-0.05, 0) is 25.2 Å². The predicted octanol–water partition coefficient (Wildman–Crippen LogP) is 1.16. The van der Waals surface area contributed by atoms with Gasteiger partial charge in [0, 0.05) is 13.1 Å². The highest BCUT2D eigenvalue weighted by Crippen LogP contribution is 2.23. The number of piperidine rings is 1. The molecule has 110 valence electrons. The molecule has 0 radical (unpaired) electrons. The Balaban J connectivity index is 2.64. The van der Waals surface area contributed by atoms with Crippen LogP contribution in [0.3, 0.4) is 0 Å². The summed E-state index contributed by atoms with van der Waals surface area (Å²) in [4.78, 5) is 25.8. The van der Waals surface area contributed by atoms with Crippen LogP contribution in [0, 0.1) is 11.3 Å². The van der Waals surface area contributed by atoms with E-state index < -0.39 is 6.04 Å². The van der Waals surface area contributed by atoms with Crippen molar-refractivity contribution in [2.45, 2.75) is 46.6 Å². The summed E-state index contributed by atoms with van der Waals surface area (Å²) in [5, 5.41) is 0. The fourth-order valence-electron chi connectivity index (χ4n) is 2.20. The summed E-state index contributed by atoms with van der Waals surface area (Å²) in [5.41, 5.74) is 5.73. The number of carbonyl (C=O) groups is 2. The quantitative estimate of drug-likeness (QED) is 0.781. The molecule has 0 aromatic rings. The van der Waals surface area contributed by atoms with E-state index in [0.29, 0.717) is 19.7 Å². The molecule has 1 fully saturated rings. The zero-order valence-electron chi connectivity index (χ0n) is 12.4. The molecule has 0 saturated carbocycles. The fraction of sp³-hybridized carbons (Fsp3) is 0.857. The standard InChI is InChI=1S/C14H26N2O3/c1-5-19-13(18)10-7-6-8-16(9-10)12(17)11(15)14(2,3)4/h10-11H,5-9,15H2,1-4H3/t10?,11-/m1/s1. The third-order valence-electron chi connectivity index (χ3n) is 3.55. The van der Waals surface area contributed by atoms with Crippen molar-refractivity contribution in [3.05, 3.63) is 0 Å². The number of nitrogens with zero attached hydrogens (tertiary/aromatic N) is 1. The number of nitrogens with two attached hydrogens (primary N) is 1. The molecule has 1 unspecified atom stereocenters. The molecule has 1 aliphatic heterocycles. The first kappa shape index (κ1) is 16.0. The minimum absolute atomic E-state index is 0.0681. The van der Waals surface area contributed by atoms with Crippen molar-refractivity contribution < 1.29 is 14.3 Å². The maximum atomic E-state index is 12.3. The van der Waals surface area contributed by atoms with Crippen LogP contribution in [-0.4, -0.2) is 42.5 Å². The number of esters is 1. The van der Waals surface area contributed by atoms with Crippen LogP contribution in [0.4, 0.5) is 0 Å². The highest BCUT2D eigenvalue weighted by molar-refractivity contribution is 5.83. The second kappa shape index (κ2) is 6.37. The number of hydrogen-bond donors (Lipinski definition) is 1. The molecule has 0 spiro atoms. The van der Waals surface area contributed by atoms with E-state index in [1.165, 1.54) is 0 Å². The Morgan fingerprint density at radius 1 is 1.42 bits per heavy atom. The van der Waals surface area contributed by atoms with E-state index in [1.54, 1.807) is 11.8 Å². The molecular formula is C14H26N2O3. The molecule has 5 nitrogen and oxygen atoms in total. The number of ether oxygens (including phenoxy) is 1. The summed E-state index contributed by atoms with van der Waals surface area (Å²) in [5.74, 6) is -0.476. The monoisotopic (exact) mass is 270 g/mol. The third-order valence-corrected chi connectivity index (χ3v) is 3.55. The SMILES string of the molecule is CCOC(=O)C1CCCN(C(=O)[C@@H](N)C(C)(C)C)C1. The van der Waals surface area contributed by atoms with Crippen molar-refractivity contribution in [2.24, 2.45) is 17.1 Å². The van der Waals surface area contributed by atoms with Gasteiger partial charge in [-0.3, -0.25) is 9.59 Å². The highest BCUT2D eigenvalue weighted by atomic mass is 16.5. The summed E-state index contributed by atoms with van der Waals surface area (Å²) < 4.78 is 5.03. The molecule has 1 aliphatic rings. The van der Waals surface area contributed by atoms with Crippen LogP contribution in [0.15, 0.2) is 0 Å². The molecule has 0 aromatic carbocycles. The first-order valence-corrected chi connectivity index (χ1v) is 6.98. The Labute approximate surface area is 115 Å². The summed E-state index contributed by atoms with van der Waals surface area (Å²) in [6.45, 7) is 9.12. The topological polar surface area (TPSA) is 72.6 Å². The largest absolute Gasteiger partial charge is 0.466 e. The molecule has 1 amide bonds. The number of rotatable bonds is 3. The molecule has 2 N–H and O–H groups in total. The van der Waals surface area contributed by atoms with Gasteiger partial charge in [-0.1, -0.05) is 20.8 Å². The molecule has 2 atom stereocenters. The van der Waals surface area contributed by atoms with E-state index in [-0.39, 0.29) is 23.2 Å². The van der Waals surface area contributed by atoms with Gasteiger partial charge in [-0.25, -0.2) is 0 Å². The van der Waals surface area contributed by atoms with Gasteiger partial charge >= 0.3 is 5.97 Å². The van der Waals surface area contributed by atoms with Crippen LogP contribution in [-0.2, 0) is 14.3 Å². The lowest BCUT2D eigenvalue weighted by Gasteiger charge is -2.36. The summed E-state index contributed by atoms with van der Waals surface area (Å²) in [7, 11) is 0. The van der Waals surface area contributed by atoms with Crippen LogP contribution in [0.5, 0.6) is 0 Å². The Morgan fingerprint density at radius 3 is 2.58 bits per heavy atom. The Bertz CT molecular complexity index is 336. The lowest BCUT2D eigenvalue weighted by molar-refractivity contribution is -0.151. The Morgan fingerprint density at radius 2 is 2.05 bits per heavy atom. The zero-order chi connectivity index (χ0) is 14.6. The maximum Gasteiger partial charge on any atom is 0.310 e.